The Morgan fingerprint density at radius 2 is 2.14 bits per heavy atom. The summed E-state index contributed by atoms with van der Waals surface area (Å²) in [5.74, 6) is 1.59. The highest BCUT2D eigenvalue weighted by Gasteiger charge is 2.38. The average Bonchev–Trinajstić information content (AvgIpc) is 2.19. The molecule has 82 valence electrons. The van der Waals surface area contributed by atoms with E-state index < -0.39 is 0 Å². The summed E-state index contributed by atoms with van der Waals surface area (Å²) in [5, 5.41) is 0. The zero-order valence-electron chi connectivity index (χ0n) is 9.30. The van der Waals surface area contributed by atoms with Crippen LogP contribution in [0.15, 0.2) is 0 Å². The van der Waals surface area contributed by atoms with Crippen molar-refractivity contribution in [3.8, 4) is 0 Å². The van der Waals surface area contributed by atoms with Gasteiger partial charge >= 0.3 is 0 Å². The Hall–Kier alpha value is -0.0800. The Morgan fingerprint density at radius 3 is 2.79 bits per heavy atom. The topological polar surface area (TPSA) is 35.2 Å². The standard InChI is InChI=1S/C12H23NO/c1-10-4-2-5-11(8-10)12(13)6-3-7-14-9-12/h10-11H,2-9,13H2,1H3. The van der Waals surface area contributed by atoms with Crippen LogP contribution in [0.3, 0.4) is 0 Å². The van der Waals surface area contributed by atoms with Gasteiger partial charge in [-0.25, -0.2) is 0 Å². The van der Waals surface area contributed by atoms with Crippen LogP contribution in [-0.2, 0) is 4.74 Å². The van der Waals surface area contributed by atoms with E-state index in [1.165, 1.54) is 32.1 Å². The fraction of sp³-hybridized carbons (Fsp3) is 1.00. The largest absolute Gasteiger partial charge is 0.380 e. The summed E-state index contributed by atoms with van der Waals surface area (Å²) in [6.45, 7) is 4.07. The zero-order valence-corrected chi connectivity index (χ0v) is 9.30. The number of hydrogen-bond donors (Lipinski definition) is 1. The molecular weight excluding hydrogens is 174 g/mol. The lowest BCUT2D eigenvalue weighted by molar-refractivity contribution is -0.00247. The van der Waals surface area contributed by atoms with Gasteiger partial charge in [0.25, 0.3) is 0 Å². The summed E-state index contributed by atoms with van der Waals surface area (Å²) >= 11 is 0. The maximum atomic E-state index is 6.47. The highest BCUT2D eigenvalue weighted by Crippen LogP contribution is 2.38. The molecule has 1 saturated carbocycles. The van der Waals surface area contributed by atoms with E-state index in [9.17, 15) is 0 Å². The summed E-state index contributed by atoms with van der Waals surface area (Å²) in [4.78, 5) is 0. The third-order valence-corrected chi connectivity index (χ3v) is 4.05. The first kappa shape index (κ1) is 10.4. The Balaban J connectivity index is 1.97. The quantitative estimate of drug-likeness (QED) is 0.700. The zero-order chi connectivity index (χ0) is 10.0. The average molecular weight is 197 g/mol. The summed E-state index contributed by atoms with van der Waals surface area (Å²) in [5.41, 5.74) is 6.48. The van der Waals surface area contributed by atoms with Gasteiger partial charge in [0.15, 0.2) is 0 Å². The van der Waals surface area contributed by atoms with Crippen molar-refractivity contribution < 1.29 is 4.74 Å². The molecule has 0 aromatic carbocycles. The van der Waals surface area contributed by atoms with Crippen LogP contribution in [0.4, 0.5) is 0 Å². The van der Waals surface area contributed by atoms with Gasteiger partial charge in [-0.1, -0.05) is 19.8 Å². The van der Waals surface area contributed by atoms with Crippen LogP contribution in [0.5, 0.6) is 0 Å². The molecule has 3 atom stereocenters. The molecule has 2 nitrogen and oxygen atoms in total. The van der Waals surface area contributed by atoms with Crippen LogP contribution >= 0.6 is 0 Å². The number of rotatable bonds is 1. The van der Waals surface area contributed by atoms with Gasteiger partial charge in [0.1, 0.15) is 0 Å². The Morgan fingerprint density at radius 1 is 1.29 bits per heavy atom. The van der Waals surface area contributed by atoms with E-state index in [2.05, 4.69) is 6.92 Å². The summed E-state index contributed by atoms with van der Waals surface area (Å²) in [6.07, 6.45) is 7.73. The van der Waals surface area contributed by atoms with E-state index >= 15 is 0 Å². The predicted molar refractivity (Wildman–Crippen MR) is 58.1 cm³/mol. The predicted octanol–water partition coefficient (Wildman–Crippen LogP) is 2.32. The third kappa shape index (κ3) is 2.12. The van der Waals surface area contributed by atoms with Gasteiger partial charge in [0.2, 0.25) is 0 Å². The highest BCUT2D eigenvalue weighted by molar-refractivity contribution is 4.95. The van der Waals surface area contributed by atoms with Crippen LogP contribution in [0.1, 0.15) is 45.4 Å². The van der Waals surface area contributed by atoms with Gasteiger partial charge < -0.3 is 10.5 Å². The van der Waals surface area contributed by atoms with Crippen molar-refractivity contribution in [2.75, 3.05) is 13.2 Å². The van der Waals surface area contributed by atoms with Crippen molar-refractivity contribution in [2.24, 2.45) is 17.6 Å². The molecule has 1 saturated heterocycles. The van der Waals surface area contributed by atoms with Crippen LogP contribution in [0, 0.1) is 11.8 Å². The maximum Gasteiger partial charge on any atom is 0.0648 e. The first-order valence-corrected chi connectivity index (χ1v) is 6.07. The van der Waals surface area contributed by atoms with Crippen molar-refractivity contribution in [1.29, 1.82) is 0 Å². The molecule has 2 fully saturated rings. The summed E-state index contributed by atoms with van der Waals surface area (Å²) in [6, 6.07) is 0. The third-order valence-electron chi connectivity index (χ3n) is 4.05. The lowest BCUT2D eigenvalue weighted by Gasteiger charge is -2.43. The molecule has 2 heteroatoms. The van der Waals surface area contributed by atoms with Crippen LogP contribution in [0.25, 0.3) is 0 Å². The lowest BCUT2D eigenvalue weighted by Crippen LogP contribution is -2.54. The first-order valence-electron chi connectivity index (χ1n) is 6.07. The highest BCUT2D eigenvalue weighted by atomic mass is 16.5. The Bertz CT molecular complexity index is 187. The Kier molecular flexibility index (Phi) is 3.13. The van der Waals surface area contributed by atoms with Crippen molar-refractivity contribution in [3.63, 3.8) is 0 Å². The van der Waals surface area contributed by atoms with E-state index in [0.717, 1.165) is 25.6 Å². The minimum atomic E-state index is 0.00687. The molecule has 14 heavy (non-hydrogen) atoms. The Labute approximate surface area is 87.2 Å². The van der Waals surface area contributed by atoms with Gasteiger partial charge in [-0.2, -0.15) is 0 Å². The monoisotopic (exact) mass is 197 g/mol. The fourth-order valence-electron chi connectivity index (χ4n) is 3.12. The minimum absolute atomic E-state index is 0.00687. The van der Waals surface area contributed by atoms with E-state index in [-0.39, 0.29) is 5.54 Å². The van der Waals surface area contributed by atoms with Crippen LogP contribution < -0.4 is 5.73 Å². The van der Waals surface area contributed by atoms with Gasteiger partial charge in [-0.3, -0.25) is 0 Å². The molecule has 2 aliphatic rings. The number of ether oxygens (including phenoxy) is 1. The molecule has 0 spiro atoms. The van der Waals surface area contributed by atoms with Gasteiger partial charge in [0.05, 0.1) is 6.61 Å². The van der Waals surface area contributed by atoms with Crippen molar-refractivity contribution in [3.05, 3.63) is 0 Å². The second-order valence-electron chi connectivity index (χ2n) is 5.36. The second kappa shape index (κ2) is 4.19. The molecule has 3 unspecified atom stereocenters. The van der Waals surface area contributed by atoms with Crippen LogP contribution in [0.2, 0.25) is 0 Å². The normalized spacial score (nSPS) is 45.0. The number of nitrogens with two attached hydrogens (primary N) is 1. The lowest BCUT2D eigenvalue weighted by atomic mass is 9.70. The van der Waals surface area contributed by atoms with Gasteiger partial charge in [-0.15, -0.1) is 0 Å². The van der Waals surface area contributed by atoms with Gasteiger partial charge in [0, 0.05) is 12.1 Å². The summed E-state index contributed by atoms with van der Waals surface area (Å²) < 4.78 is 5.55. The molecule has 0 bridgehead atoms. The SMILES string of the molecule is CC1CCCC(C2(N)CCCOC2)C1. The van der Waals surface area contributed by atoms with E-state index in [1.807, 2.05) is 0 Å². The molecule has 0 amide bonds. The van der Waals surface area contributed by atoms with E-state index in [4.69, 9.17) is 10.5 Å². The minimum Gasteiger partial charge on any atom is -0.380 e. The molecule has 1 aliphatic heterocycles. The molecule has 1 heterocycles. The van der Waals surface area contributed by atoms with E-state index in [1.54, 1.807) is 0 Å². The van der Waals surface area contributed by atoms with Crippen molar-refractivity contribution >= 4 is 0 Å². The molecule has 0 aromatic heterocycles. The molecule has 2 rings (SSSR count). The maximum absolute atomic E-state index is 6.47. The first-order chi connectivity index (χ1) is 6.71. The van der Waals surface area contributed by atoms with E-state index in [0.29, 0.717) is 5.92 Å². The molecule has 0 radical (unpaired) electrons. The molecule has 2 N–H and O–H groups in total. The van der Waals surface area contributed by atoms with Crippen molar-refractivity contribution in [2.45, 2.75) is 51.0 Å². The smallest absolute Gasteiger partial charge is 0.0648 e. The van der Waals surface area contributed by atoms with Crippen molar-refractivity contribution in [1.82, 2.24) is 0 Å². The summed E-state index contributed by atoms with van der Waals surface area (Å²) in [7, 11) is 0. The second-order valence-corrected chi connectivity index (χ2v) is 5.36. The number of hydrogen-bond acceptors (Lipinski definition) is 2. The fourth-order valence-corrected chi connectivity index (χ4v) is 3.12. The van der Waals surface area contributed by atoms with Gasteiger partial charge in [-0.05, 0) is 37.5 Å². The molecule has 0 aromatic rings. The van der Waals surface area contributed by atoms with Crippen LogP contribution in [-0.4, -0.2) is 18.8 Å². The molecular formula is C12H23NO. The molecule has 1 aliphatic carbocycles.